The molecule has 2 rings (SSSR count). The molecule has 4 nitrogen and oxygen atoms in total. The molecule has 18 heavy (non-hydrogen) atoms. The first-order chi connectivity index (χ1) is 8.72. The summed E-state index contributed by atoms with van der Waals surface area (Å²) in [4.78, 5) is 15.4. The number of carboxylic acid groups (broad SMARTS) is 1. The molecule has 0 aliphatic carbocycles. The minimum atomic E-state index is -0.978. The highest BCUT2D eigenvalue weighted by atomic mass is 16.4. The van der Waals surface area contributed by atoms with Crippen LogP contribution in [0.4, 0.5) is 0 Å². The SMILES string of the molecule is CCCCCCc1nc2cccc(C(=O)O)c2o1. The van der Waals surface area contributed by atoms with Crippen LogP contribution >= 0.6 is 0 Å². The first-order valence-electron chi connectivity index (χ1n) is 6.34. The van der Waals surface area contributed by atoms with Crippen LogP contribution in [-0.4, -0.2) is 16.1 Å². The first kappa shape index (κ1) is 12.6. The summed E-state index contributed by atoms with van der Waals surface area (Å²) in [5.74, 6) is -0.343. The lowest BCUT2D eigenvalue weighted by molar-refractivity contribution is 0.0698. The van der Waals surface area contributed by atoms with E-state index in [-0.39, 0.29) is 5.56 Å². The van der Waals surface area contributed by atoms with Crippen molar-refractivity contribution in [1.29, 1.82) is 0 Å². The number of fused-ring (bicyclic) bond motifs is 1. The average Bonchev–Trinajstić information content (AvgIpc) is 2.76. The van der Waals surface area contributed by atoms with Crippen LogP contribution < -0.4 is 0 Å². The third kappa shape index (κ3) is 2.70. The van der Waals surface area contributed by atoms with Gasteiger partial charge in [0.25, 0.3) is 0 Å². The van der Waals surface area contributed by atoms with Crippen LogP contribution in [-0.2, 0) is 6.42 Å². The number of unbranched alkanes of at least 4 members (excludes halogenated alkanes) is 3. The highest BCUT2D eigenvalue weighted by molar-refractivity contribution is 5.99. The summed E-state index contributed by atoms with van der Waals surface area (Å²) in [5, 5.41) is 9.05. The minimum Gasteiger partial charge on any atom is -0.478 e. The second-order valence-corrected chi connectivity index (χ2v) is 4.38. The molecule has 0 bridgehead atoms. The predicted octanol–water partition coefficient (Wildman–Crippen LogP) is 3.65. The summed E-state index contributed by atoms with van der Waals surface area (Å²) in [6.07, 6.45) is 5.36. The molecule has 2 aromatic rings. The zero-order valence-electron chi connectivity index (χ0n) is 10.5. The summed E-state index contributed by atoms with van der Waals surface area (Å²) in [6, 6.07) is 5.01. The fourth-order valence-electron chi connectivity index (χ4n) is 1.97. The van der Waals surface area contributed by atoms with Crippen LogP contribution in [0, 0.1) is 0 Å². The van der Waals surface area contributed by atoms with Crippen molar-refractivity contribution in [2.75, 3.05) is 0 Å². The number of hydrogen-bond donors (Lipinski definition) is 1. The number of carbonyl (C=O) groups is 1. The fraction of sp³-hybridized carbons (Fsp3) is 0.429. The molecular weight excluding hydrogens is 230 g/mol. The topological polar surface area (TPSA) is 63.3 Å². The van der Waals surface area contributed by atoms with Gasteiger partial charge >= 0.3 is 5.97 Å². The Morgan fingerprint density at radius 1 is 1.33 bits per heavy atom. The maximum absolute atomic E-state index is 11.0. The van der Waals surface area contributed by atoms with Crippen molar-refractivity contribution in [3.05, 3.63) is 29.7 Å². The maximum Gasteiger partial charge on any atom is 0.339 e. The van der Waals surface area contributed by atoms with Crippen molar-refractivity contribution < 1.29 is 14.3 Å². The zero-order valence-corrected chi connectivity index (χ0v) is 10.5. The van der Waals surface area contributed by atoms with E-state index < -0.39 is 5.97 Å². The summed E-state index contributed by atoms with van der Waals surface area (Å²) < 4.78 is 5.55. The number of rotatable bonds is 6. The molecule has 0 amide bonds. The second-order valence-electron chi connectivity index (χ2n) is 4.38. The smallest absolute Gasteiger partial charge is 0.339 e. The Morgan fingerprint density at radius 3 is 2.89 bits per heavy atom. The number of nitrogens with zero attached hydrogens (tertiary/aromatic N) is 1. The van der Waals surface area contributed by atoms with E-state index in [1.807, 2.05) is 0 Å². The number of aryl methyl sites for hydroxylation is 1. The number of aromatic nitrogens is 1. The maximum atomic E-state index is 11.0. The lowest BCUT2D eigenvalue weighted by atomic mass is 10.1. The van der Waals surface area contributed by atoms with Crippen LogP contribution in [0.2, 0.25) is 0 Å². The molecule has 1 aromatic heterocycles. The Kier molecular flexibility index (Phi) is 3.97. The van der Waals surface area contributed by atoms with E-state index in [4.69, 9.17) is 9.52 Å². The van der Waals surface area contributed by atoms with Crippen molar-refractivity contribution in [3.63, 3.8) is 0 Å². The van der Waals surface area contributed by atoms with E-state index in [0.29, 0.717) is 17.0 Å². The molecule has 4 heteroatoms. The van der Waals surface area contributed by atoms with Crippen molar-refractivity contribution in [2.45, 2.75) is 39.0 Å². The Labute approximate surface area is 106 Å². The number of hydrogen-bond acceptors (Lipinski definition) is 3. The third-order valence-corrected chi connectivity index (χ3v) is 2.93. The highest BCUT2D eigenvalue weighted by Crippen LogP contribution is 2.21. The van der Waals surface area contributed by atoms with Crippen LogP contribution in [0.15, 0.2) is 22.6 Å². The molecular formula is C14H17NO3. The van der Waals surface area contributed by atoms with Gasteiger partial charge in [0.05, 0.1) is 0 Å². The van der Waals surface area contributed by atoms with Crippen molar-refractivity contribution in [3.8, 4) is 0 Å². The molecule has 0 atom stereocenters. The third-order valence-electron chi connectivity index (χ3n) is 2.93. The minimum absolute atomic E-state index is 0.180. The van der Waals surface area contributed by atoms with Gasteiger partial charge in [0, 0.05) is 6.42 Å². The molecule has 0 radical (unpaired) electrons. The Bertz CT molecular complexity index is 545. The lowest BCUT2D eigenvalue weighted by Gasteiger charge is -1.95. The van der Waals surface area contributed by atoms with Gasteiger partial charge in [-0.2, -0.15) is 0 Å². The molecule has 0 fully saturated rings. The quantitative estimate of drug-likeness (QED) is 0.791. The standard InChI is InChI=1S/C14H17NO3/c1-2-3-4-5-9-12-15-11-8-6-7-10(14(16)17)13(11)18-12/h6-8H,2-5,9H2,1H3,(H,16,17). The fourth-order valence-corrected chi connectivity index (χ4v) is 1.97. The summed E-state index contributed by atoms with van der Waals surface area (Å²) in [7, 11) is 0. The van der Waals surface area contributed by atoms with Gasteiger partial charge in [-0.3, -0.25) is 0 Å². The van der Waals surface area contributed by atoms with E-state index in [1.54, 1.807) is 12.1 Å². The summed E-state index contributed by atoms with van der Waals surface area (Å²) >= 11 is 0. The van der Waals surface area contributed by atoms with E-state index in [1.165, 1.54) is 18.9 Å². The number of benzene rings is 1. The van der Waals surface area contributed by atoms with Crippen molar-refractivity contribution in [2.24, 2.45) is 0 Å². The number of para-hydroxylation sites is 1. The van der Waals surface area contributed by atoms with Gasteiger partial charge in [0.1, 0.15) is 11.1 Å². The molecule has 1 aromatic carbocycles. The predicted molar refractivity (Wildman–Crippen MR) is 68.8 cm³/mol. The van der Waals surface area contributed by atoms with E-state index in [0.717, 1.165) is 19.3 Å². The molecule has 1 heterocycles. The molecule has 0 saturated heterocycles. The van der Waals surface area contributed by atoms with Crippen LogP contribution in [0.25, 0.3) is 11.1 Å². The van der Waals surface area contributed by atoms with Crippen molar-refractivity contribution >= 4 is 17.1 Å². The summed E-state index contributed by atoms with van der Waals surface area (Å²) in [6.45, 7) is 2.17. The van der Waals surface area contributed by atoms with Gasteiger partial charge in [-0.25, -0.2) is 9.78 Å². The molecule has 0 aliphatic rings. The van der Waals surface area contributed by atoms with Gasteiger partial charge in [0.15, 0.2) is 11.5 Å². The normalized spacial score (nSPS) is 10.9. The van der Waals surface area contributed by atoms with E-state index in [9.17, 15) is 4.79 Å². The molecule has 96 valence electrons. The van der Waals surface area contributed by atoms with Gasteiger partial charge in [-0.1, -0.05) is 32.3 Å². The molecule has 0 aliphatic heterocycles. The molecule has 0 unspecified atom stereocenters. The average molecular weight is 247 g/mol. The lowest BCUT2D eigenvalue weighted by Crippen LogP contribution is -1.95. The summed E-state index contributed by atoms with van der Waals surface area (Å²) in [5.41, 5.74) is 1.19. The van der Waals surface area contributed by atoms with Crippen molar-refractivity contribution in [1.82, 2.24) is 4.98 Å². The molecule has 0 saturated carbocycles. The van der Waals surface area contributed by atoms with Crippen LogP contribution in [0.5, 0.6) is 0 Å². The number of oxazole rings is 1. The number of carboxylic acids is 1. The second kappa shape index (κ2) is 5.67. The zero-order chi connectivity index (χ0) is 13.0. The van der Waals surface area contributed by atoms with Gasteiger partial charge in [-0.15, -0.1) is 0 Å². The Balaban J connectivity index is 2.17. The van der Waals surface area contributed by atoms with Crippen LogP contribution in [0.1, 0.15) is 48.9 Å². The first-order valence-corrected chi connectivity index (χ1v) is 6.34. The number of aromatic carboxylic acids is 1. The monoisotopic (exact) mass is 247 g/mol. The van der Waals surface area contributed by atoms with Gasteiger partial charge < -0.3 is 9.52 Å². The van der Waals surface area contributed by atoms with E-state index >= 15 is 0 Å². The van der Waals surface area contributed by atoms with Gasteiger partial charge in [-0.05, 0) is 18.6 Å². The van der Waals surface area contributed by atoms with E-state index in [2.05, 4.69) is 11.9 Å². The Hall–Kier alpha value is -1.84. The molecule has 0 spiro atoms. The highest BCUT2D eigenvalue weighted by Gasteiger charge is 2.14. The largest absolute Gasteiger partial charge is 0.478 e. The van der Waals surface area contributed by atoms with Crippen LogP contribution in [0.3, 0.4) is 0 Å². The van der Waals surface area contributed by atoms with Gasteiger partial charge in [0.2, 0.25) is 0 Å². The Morgan fingerprint density at radius 2 is 2.17 bits per heavy atom. The molecule has 1 N–H and O–H groups in total.